The average molecular weight is 364 g/mol. The van der Waals surface area contributed by atoms with Crippen molar-refractivity contribution in [3.8, 4) is 0 Å². The maximum atomic E-state index is 12.5. The molecule has 0 bridgehead atoms. The number of benzene rings is 2. The molecule has 5 nitrogen and oxygen atoms in total. The number of aryl methyl sites for hydroxylation is 1. The molecule has 1 aliphatic rings. The molecule has 1 N–H and O–H groups in total. The molecule has 1 amide bonds. The van der Waals surface area contributed by atoms with Gasteiger partial charge in [-0.05, 0) is 36.2 Å². The van der Waals surface area contributed by atoms with Crippen molar-refractivity contribution in [2.24, 2.45) is 0 Å². The summed E-state index contributed by atoms with van der Waals surface area (Å²) in [5.41, 5.74) is 2.77. The van der Waals surface area contributed by atoms with Crippen LogP contribution in [-0.4, -0.2) is 16.9 Å². The Labute approximate surface area is 154 Å². The van der Waals surface area contributed by atoms with Crippen molar-refractivity contribution in [3.63, 3.8) is 0 Å². The van der Waals surface area contributed by atoms with Gasteiger partial charge in [-0.25, -0.2) is 9.78 Å². The predicted molar refractivity (Wildman–Crippen MR) is 99.5 cm³/mol. The summed E-state index contributed by atoms with van der Waals surface area (Å²) in [5, 5.41) is 3.35. The lowest BCUT2D eigenvalue weighted by atomic mass is 9.93. The number of nitrogens with one attached hydrogen (secondary N) is 1. The van der Waals surface area contributed by atoms with Crippen LogP contribution in [0.15, 0.2) is 54.7 Å². The van der Waals surface area contributed by atoms with E-state index in [1.807, 2.05) is 37.3 Å². The number of cyclic esters (lactones) is 1. The van der Waals surface area contributed by atoms with Crippen molar-refractivity contribution >= 4 is 28.3 Å². The van der Waals surface area contributed by atoms with Gasteiger partial charge in [-0.15, -0.1) is 11.3 Å². The molecule has 6 heteroatoms. The third-order valence-electron chi connectivity index (χ3n) is 4.26. The summed E-state index contributed by atoms with van der Waals surface area (Å²) in [5.74, 6) is -0.597. The Hall–Kier alpha value is -2.99. The van der Waals surface area contributed by atoms with Gasteiger partial charge in [0, 0.05) is 23.1 Å². The van der Waals surface area contributed by atoms with E-state index in [0.29, 0.717) is 22.7 Å². The second-order valence-corrected chi connectivity index (χ2v) is 7.35. The van der Waals surface area contributed by atoms with Crippen molar-refractivity contribution < 1.29 is 14.3 Å². The normalized spacial score (nSPS) is 15.9. The van der Waals surface area contributed by atoms with Crippen molar-refractivity contribution in [3.05, 3.63) is 81.9 Å². The van der Waals surface area contributed by atoms with E-state index in [4.69, 9.17) is 4.74 Å². The monoisotopic (exact) mass is 364 g/mol. The van der Waals surface area contributed by atoms with Crippen LogP contribution < -0.4 is 5.32 Å². The zero-order valence-electron chi connectivity index (χ0n) is 14.1. The van der Waals surface area contributed by atoms with E-state index in [-0.39, 0.29) is 18.0 Å². The van der Waals surface area contributed by atoms with Gasteiger partial charge in [-0.2, -0.15) is 0 Å². The van der Waals surface area contributed by atoms with Crippen molar-refractivity contribution in [1.82, 2.24) is 4.98 Å². The lowest BCUT2D eigenvalue weighted by molar-refractivity contribution is 0.0252. The Morgan fingerprint density at radius 3 is 2.77 bits per heavy atom. The quantitative estimate of drug-likeness (QED) is 0.709. The molecule has 26 heavy (non-hydrogen) atoms. The molecule has 1 aromatic heterocycles. The first-order valence-electron chi connectivity index (χ1n) is 8.23. The van der Waals surface area contributed by atoms with Gasteiger partial charge >= 0.3 is 5.97 Å². The van der Waals surface area contributed by atoms with Gasteiger partial charge in [0.1, 0.15) is 6.10 Å². The molecule has 2 aromatic carbocycles. The maximum Gasteiger partial charge on any atom is 0.339 e. The van der Waals surface area contributed by atoms with Crippen LogP contribution in [0, 0.1) is 6.92 Å². The molecule has 0 fully saturated rings. The number of thiazole rings is 1. The van der Waals surface area contributed by atoms with E-state index in [1.165, 1.54) is 11.3 Å². The smallest absolute Gasteiger partial charge is 0.339 e. The fraction of sp³-hybridized carbons (Fsp3) is 0.150. The average Bonchev–Trinajstić information content (AvgIpc) is 3.06. The largest absolute Gasteiger partial charge is 0.454 e. The summed E-state index contributed by atoms with van der Waals surface area (Å²) in [6.07, 6.45) is 1.92. The van der Waals surface area contributed by atoms with E-state index >= 15 is 0 Å². The lowest BCUT2D eigenvalue weighted by Gasteiger charge is -2.25. The fourth-order valence-electron chi connectivity index (χ4n) is 2.97. The Bertz CT molecular complexity index is 982. The Morgan fingerprint density at radius 1 is 1.23 bits per heavy atom. The van der Waals surface area contributed by atoms with Crippen LogP contribution in [0.25, 0.3) is 0 Å². The van der Waals surface area contributed by atoms with Gasteiger partial charge in [-0.1, -0.05) is 30.3 Å². The lowest BCUT2D eigenvalue weighted by Crippen LogP contribution is -2.23. The topological polar surface area (TPSA) is 68.3 Å². The third kappa shape index (κ3) is 3.23. The van der Waals surface area contributed by atoms with Crippen molar-refractivity contribution in [1.29, 1.82) is 0 Å². The maximum absolute atomic E-state index is 12.5. The van der Waals surface area contributed by atoms with E-state index in [2.05, 4.69) is 10.3 Å². The molecule has 3 aromatic rings. The van der Waals surface area contributed by atoms with Gasteiger partial charge in [0.2, 0.25) is 0 Å². The highest BCUT2D eigenvalue weighted by Gasteiger charge is 2.28. The van der Waals surface area contributed by atoms with E-state index in [1.54, 1.807) is 24.4 Å². The molecule has 0 saturated heterocycles. The van der Waals surface area contributed by atoms with Crippen LogP contribution in [0.2, 0.25) is 0 Å². The standard InChI is InChI=1S/C20H16N2O3S/c1-12-11-21-20(26-12)22-18(23)14-7-8-16-15(9-14)10-17(25-19(16)24)13-5-3-2-4-6-13/h2-9,11,17H,10H2,1H3,(H,21,22,23)/t17-/m0/s1. The van der Waals surface area contributed by atoms with Crippen LogP contribution in [0.1, 0.15) is 42.8 Å². The summed E-state index contributed by atoms with van der Waals surface area (Å²) >= 11 is 1.42. The molecule has 0 aliphatic carbocycles. The molecular weight excluding hydrogens is 348 g/mol. The zero-order valence-corrected chi connectivity index (χ0v) is 14.9. The number of carbonyl (C=O) groups is 2. The highest BCUT2D eigenvalue weighted by molar-refractivity contribution is 7.15. The van der Waals surface area contributed by atoms with Gasteiger partial charge in [0.05, 0.1) is 5.56 Å². The Balaban J connectivity index is 1.59. The number of amides is 1. The summed E-state index contributed by atoms with van der Waals surface area (Å²) < 4.78 is 5.55. The number of ether oxygens (including phenoxy) is 1. The minimum atomic E-state index is -0.359. The number of rotatable bonds is 3. The predicted octanol–water partition coefficient (Wildman–Crippen LogP) is 4.16. The molecule has 1 aliphatic heterocycles. The van der Waals surface area contributed by atoms with Crippen LogP contribution in [0.4, 0.5) is 5.13 Å². The summed E-state index contributed by atoms with van der Waals surface area (Å²) in [4.78, 5) is 30.0. The molecule has 0 saturated carbocycles. The zero-order chi connectivity index (χ0) is 18.1. The van der Waals surface area contributed by atoms with Crippen LogP contribution >= 0.6 is 11.3 Å². The minimum Gasteiger partial charge on any atom is -0.454 e. The number of anilines is 1. The molecule has 0 unspecified atom stereocenters. The number of nitrogens with zero attached hydrogens (tertiary/aromatic N) is 1. The van der Waals surface area contributed by atoms with Crippen LogP contribution in [0.5, 0.6) is 0 Å². The summed E-state index contributed by atoms with van der Waals surface area (Å²) in [7, 11) is 0. The molecule has 2 heterocycles. The SMILES string of the molecule is Cc1cnc(NC(=O)c2ccc3c(c2)C[C@@H](c2ccccc2)OC3=O)s1. The Morgan fingerprint density at radius 2 is 2.04 bits per heavy atom. The van der Waals surface area contributed by atoms with Gasteiger partial charge in [0.25, 0.3) is 5.91 Å². The number of hydrogen-bond donors (Lipinski definition) is 1. The summed E-state index contributed by atoms with van der Waals surface area (Å²) in [6, 6.07) is 14.7. The molecular formula is C20H16N2O3S. The first kappa shape index (κ1) is 16.5. The molecule has 4 rings (SSSR count). The second kappa shape index (κ2) is 6.72. The van der Waals surface area contributed by atoms with Crippen LogP contribution in [-0.2, 0) is 11.2 Å². The van der Waals surface area contributed by atoms with Gasteiger partial charge in [-0.3, -0.25) is 10.1 Å². The van der Waals surface area contributed by atoms with E-state index in [9.17, 15) is 9.59 Å². The van der Waals surface area contributed by atoms with Crippen LogP contribution in [0.3, 0.4) is 0 Å². The number of fused-ring (bicyclic) bond motifs is 1. The van der Waals surface area contributed by atoms with E-state index in [0.717, 1.165) is 16.0 Å². The van der Waals surface area contributed by atoms with Gasteiger partial charge in [0.15, 0.2) is 5.13 Å². The molecule has 0 radical (unpaired) electrons. The highest BCUT2D eigenvalue weighted by atomic mass is 32.1. The van der Waals surface area contributed by atoms with Gasteiger partial charge < -0.3 is 4.74 Å². The second-order valence-electron chi connectivity index (χ2n) is 6.11. The molecule has 130 valence electrons. The minimum absolute atomic E-state index is 0.239. The van der Waals surface area contributed by atoms with Crippen molar-refractivity contribution in [2.45, 2.75) is 19.4 Å². The van der Waals surface area contributed by atoms with E-state index < -0.39 is 0 Å². The number of aromatic nitrogens is 1. The molecule has 0 spiro atoms. The Kier molecular flexibility index (Phi) is 4.26. The third-order valence-corrected chi connectivity index (χ3v) is 5.08. The molecule has 1 atom stereocenters. The number of hydrogen-bond acceptors (Lipinski definition) is 5. The van der Waals surface area contributed by atoms with Crippen molar-refractivity contribution in [2.75, 3.05) is 5.32 Å². The fourth-order valence-corrected chi connectivity index (χ4v) is 3.63. The first-order chi connectivity index (χ1) is 12.6. The summed E-state index contributed by atoms with van der Waals surface area (Å²) in [6.45, 7) is 1.93. The highest BCUT2D eigenvalue weighted by Crippen LogP contribution is 2.31. The number of esters is 1. The number of carbonyl (C=O) groups excluding carboxylic acids is 2. The first-order valence-corrected chi connectivity index (χ1v) is 9.04.